The second-order valence-corrected chi connectivity index (χ2v) is 6.94. The average Bonchev–Trinajstić information content (AvgIpc) is 2.89. The first-order chi connectivity index (χ1) is 10.1. The molecular weight excluding hydrogens is 372 g/mol. The molecule has 0 amide bonds. The second-order valence-electron chi connectivity index (χ2n) is 4.59. The Balaban J connectivity index is 1.75. The zero-order valence-corrected chi connectivity index (χ0v) is 14.1. The standard InChI is InChI=1S/C16H12BrClO2S/c17-12-3-1-2-4-16(12)21-9-13(19)15-8-10-7-11(18)5-6-14(10)20-15/h1-8,13,19H,9H2. The van der Waals surface area contributed by atoms with Gasteiger partial charge in [-0.2, -0.15) is 0 Å². The number of aliphatic hydroxyl groups is 1. The summed E-state index contributed by atoms with van der Waals surface area (Å²) in [5.74, 6) is 1.09. The lowest BCUT2D eigenvalue weighted by Gasteiger charge is -2.08. The molecule has 1 heterocycles. The predicted octanol–water partition coefficient (Wildman–Crippen LogP) is 5.67. The van der Waals surface area contributed by atoms with Crippen molar-refractivity contribution in [2.45, 2.75) is 11.0 Å². The van der Waals surface area contributed by atoms with E-state index in [2.05, 4.69) is 15.9 Å². The van der Waals surface area contributed by atoms with Crippen LogP contribution in [-0.4, -0.2) is 10.9 Å². The first kappa shape index (κ1) is 15.0. The molecule has 0 aliphatic heterocycles. The molecule has 0 aliphatic rings. The Hall–Kier alpha value is -0.940. The van der Waals surface area contributed by atoms with Gasteiger partial charge in [0.2, 0.25) is 0 Å². The summed E-state index contributed by atoms with van der Waals surface area (Å²) in [6.07, 6.45) is -0.659. The maximum Gasteiger partial charge on any atom is 0.134 e. The normalized spacial score (nSPS) is 12.7. The van der Waals surface area contributed by atoms with Crippen LogP contribution >= 0.6 is 39.3 Å². The summed E-state index contributed by atoms with van der Waals surface area (Å²) in [6.45, 7) is 0. The van der Waals surface area contributed by atoms with E-state index in [0.717, 1.165) is 20.3 Å². The number of rotatable bonds is 4. The minimum atomic E-state index is -0.659. The molecule has 1 unspecified atom stereocenters. The van der Waals surface area contributed by atoms with Gasteiger partial charge >= 0.3 is 0 Å². The number of aliphatic hydroxyl groups excluding tert-OH is 1. The maximum atomic E-state index is 10.3. The Labute approximate surface area is 140 Å². The van der Waals surface area contributed by atoms with Crippen LogP contribution in [0.4, 0.5) is 0 Å². The summed E-state index contributed by atoms with van der Waals surface area (Å²) in [5, 5.41) is 11.8. The fourth-order valence-corrected chi connectivity index (χ4v) is 3.70. The van der Waals surface area contributed by atoms with Crippen LogP contribution in [0.25, 0.3) is 11.0 Å². The van der Waals surface area contributed by atoms with Gasteiger partial charge in [0.15, 0.2) is 0 Å². The minimum absolute atomic E-state index is 0.524. The highest BCUT2D eigenvalue weighted by molar-refractivity contribution is 9.10. The van der Waals surface area contributed by atoms with Crippen molar-refractivity contribution in [2.24, 2.45) is 0 Å². The van der Waals surface area contributed by atoms with E-state index in [9.17, 15) is 5.11 Å². The molecule has 3 aromatic rings. The van der Waals surface area contributed by atoms with Crippen LogP contribution < -0.4 is 0 Å². The lowest BCUT2D eigenvalue weighted by Crippen LogP contribution is -1.98. The summed E-state index contributed by atoms with van der Waals surface area (Å²) >= 11 is 11.0. The SMILES string of the molecule is OC(CSc1ccccc1Br)c1cc2cc(Cl)ccc2o1. The molecule has 0 saturated carbocycles. The van der Waals surface area contributed by atoms with E-state index < -0.39 is 6.10 Å². The zero-order valence-electron chi connectivity index (χ0n) is 10.9. The molecule has 3 rings (SSSR count). The molecule has 0 aliphatic carbocycles. The van der Waals surface area contributed by atoms with E-state index in [0.29, 0.717) is 16.5 Å². The third kappa shape index (κ3) is 3.46. The highest BCUT2D eigenvalue weighted by atomic mass is 79.9. The quantitative estimate of drug-likeness (QED) is 0.589. The smallest absolute Gasteiger partial charge is 0.134 e. The van der Waals surface area contributed by atoms with Crippen LogP contribution in [0.3, 0.4) is 0 Å². The molecule has 2 nitrogen and oxygen atoms in total. The van der Waals surface area contributed by atoms with Crippen molar-refractivity contribution in [1.29, 1.82) is 0 Å². The molecule has 2 aromatic carbocycles. The van der Waals surface area contributed by atoms with Crippen LogP contribution in [0.5, 0.6) is 0 Å². The van der Waals surface area contributed by atoms with Crippen molar-refractivity contribution in [2.75, 3.05) is 5.75 Å². The van der Waals surface area contributed by atoms with Gasteiger partial charge in [0.1, 0.15) is 17.4 Å². The Morgan fingerprint density at radius 2 is 2.00 bits per heavy atom. The Morgan fingerprint density at radius 1 is 1.19 bits per heavy atom. The van der Waals surface area contributed by atoms with E-state index in [-0.39, 0.29) is 0 Å². The van der Waals surface area contributed by atoms with Crippen molar-refractivity contribution >= 4 is 50.3 Å². The van der Waals surface area contributed by atoms with Crippen LogP contribution in [-0.2, 0) is 0 Å². The third-order valence-electron chi connectivity index (χ3n) is 3.06. The van der Waals surface area contributed by atoms with Gasteiger partial charge in [0.05, 0.1) is 0 Å². The van der Waals surface area contributed by atoms with E-state index >= 15 is 0 Å². The molecule has 1 aromatic heterocycles. The molecule has 0 saturated heterocycles. The molecule has 0 radical (unpaired) electrons. The largest absolute Gasteiger partial charge is 0.458 e. The Kier molecular flexibility index (Phi) is 4.60. The number of fused-ring (bicyclic) bond motifs is 1. The van der Waals surface area contributed by atoms with Gasteiger partial charge < -0.3 is 9.52 Å². The van der Waals surface area contributed by atoms with Gasteiger partial charge in [-0.25, -0.2) is 0 Å². The third-order valence-corrected chi connectivity index (χ3v) is 5.40. The minimum Gasteiger partial charge on any atom is -0.458 e. The first-order valence-corrected chi connectivity index (χ1v) is 8.53. The van der Waals surface area contributed by atoms with Gasteiger partial charge in [-0.05, 0) is 52.3 Å². The summed E-state index contributed by atoms with van der Waals surface area (Å²) < 4.78 is 6.70. The van der Waals surface area contributed by atoms with Gasteiger partial charge in [-0.3, -0.25) is 0 Å². The molecule has 5 heteroatoms. The van der Waals surface area contributed by atoms with Crippen LogP contribution in [0.2, 0.25) is 5.02 Å². The molecular formula is C16H12BrClO2S. The number of hydrogen-bond donors (Lipinski definition) is 1. The van der Waals surface area contributed by atoms with Gasteiger partial charge in [-0.15, -0.1) is 11.8 Å². The number of benzene rings is 2. The highest BCUT2D eigenvalue weighted by Gasteiger charge is 2.14. The molecule has 0 bridgehead atoms. The fourth-order valence-electron chi connectivity index (χ4n) is 2.01. The number of halogens is 2. The number of furan rings is 1. The van der Waals surface area contributed by atoms with Crippen molar-refractivity contribution in [3.8, 4) is 0 Å². The Morgan fingerprint density at radius 3 is 2.81 bits per heavy atom. The number of hydrogen-bond acceptors (Lipinski definition) is 3. The summed E-state index contributed by atoms with van der Waals surface area (Å²) in [4.78, 5) is 1.09. The second kappa shape index (κ2) is 6.44. The number of thioether (sulfide) groups is 1. The van der Waals surface area contributed by atoms with Gasteiger partial charge in [0, 0.05) is 25.5 Å². The topological polar surface area (TPSA) is 33.4 Å². The van der Waals surface area contributed by atoms with E-state index in [4.69, 9.17) is 16.0 Å². The van der Waals surface area contributed by atoms with Crippen molar-refractivity contribution in [3.05, 3.63) is 63.8 Å². The van der Waals surface area contributed by atoms with Crippen molar-refractivity contribution < 1.29 is 9.52 Å². The van der Waals surface area contributed by atoms with Gasteiger partial charge in [-0.1, -0.05) is 23.7 Å². The predicted molar refractivity (Wildman–Crippen MR) is 91.0 cm³/mol. The van der Waals surface area contributed by atoms with Crippen LogP contribution in [0, 0.1) is 0 Å². The summed E-state index contributed by atoms with van der Waals surface area (Å²) in [5.41, 5.74) is 0.736. The van der Waals surface area contributed by atoms with Crippen molar-refractivity contribution in [1.82, 2.24) is 0 Å². The first-order valence-electron chi connectivity index (χ1n) is 6.38. The lowest BCUT2D eigenvalue weighted by atomic mass is 10.2. The summed E-state index contributed by atoms with van der Waals surface area (Å²) in [6, 6.07) is 15.2. The Bertz CT molecular complexity index is 772. The molecule has 1 atom stereocenters. The molecule has 1 N–H and O–H groups in total. The average molecular weight is 384 g/mol. The molecule has 0 fully saturated rings. The monoisotopic (exact) mass is 382 g/mol. The molecule has 21 heavy (non-hydrogen) atoms. The fraction of sp³-hybridized carbons (Fsp3) is 0.125. The molecule has 108 valence electrons. The lowest BCUT2D eigenvalue weighted by molar-refractivity contribution is 0.177. The van der Waals surface area contributed by atoms with Crippen LogP contribution in [0.1, 0.15) is 11.9 Å². The van der Waals surface area contributed by atoms with Gasteiger partial charge in [0.25, 0.3) is 0 Å². The van der Waals surface area contributed by atoms with Crippen molar-refractivity contribution in [3.63, 3.8) is 0 Å². The maximum absolute atomic E-state index is 10.3. The van der Waals surface area contributed by atoms with E-state index in [1.165, 1.54) is 0 Å². The molecule has 0 spiro atoms. The zero-order chi connectivity index (χ0) is 14.8. The highest BCUT2D eigenvalue weighted by Crippen LogP contribution is 2.32. The van der Waals surface area contributed by atoms with E-state index in [1.807, 2.05) is 42.5 Å². The van der Waals surface area contributed by atoms with Crippen LogP contribution in [0.15, 0.2) is 62.3 Å². The summed E-state index contributed by atoms with van der Waals surface area (Å²) in [7, 11) is 0. The van der Waals surface area contributed by atoms with E-state index in [1.54, 1.807) is 17.8 Å².